The van der Waals surface area contributed by atoms with E-state index in [-0.39, 0.29) is 24.7 Å². The van der Waals surface area contributed by atoms with Gasteiger partial charge in [0.05, 0.1) is 6.42 Å². The molecule has 0 aliphatic heterocycles. The number of carbonyl (C=O) groups is 2. The zero-order valence-corrected chi connectivity index (χ0v) is 10.6. The van der Waals surface area contributed by atoms with Crippen LogP contribution < -0.4 is 0 Å². The molecule has 0 aliphatic carbocycles. The van der Waals surface area contributed by atoms with Gasteiger partial charge in [-0.3, -0.25) is 4.79 Å². The van der Waals surface area contributed by atoms with Crippen molar-refractivity contribution in [3.05, 3.63) is 22.6 Å². The number of esters is 1. The molecular formula is C10H12BrNO4. The molecule has 0 atom stereocenters. The molecule has 0 fully saturated rings. The smallest absolute Gasteiger partial charge is 0.374 e. The fraction of sp³-hybridized carbons (Fsp3) is 0.400. The maximum atomic E-state index is 11.3. The molecule has 1 rings (SSSR count). The first-order valence-corrected chi connectivity index (χ1v) is 5.42. The van der Waals surface area contributed by atoms with Crippen LogP contribution >= 0.6 is 15.9 Å². The number of ether oxygens (including phenoxy) is 1. The predicted octanol–water partition coefficient (Wildman–Crippen LogP) is 1.68. The monoisotopic (exact) mass is 289 g/mol. The van der Waals surface area contributed by atoms with E-state index in [1.54, 1.807) is 20.2 Å². The van der Waals surface area contributed by atoms with E-state index in [1.165, 1.54) is 11.0 Å². The highest BCUT2D eigenvalue weighted by Crippen LogP contribution is 2.14. The van der Waals surface area contributed by atoms with Gasteiger partial charge in [0.25, 0.3) is 0 Å². The lowest BCUT2D eigenvalue weighted by molar-refractivity contribution is -0.129. The second-order valence-electron chi connectivity index (χ2n) is 3.28. The third kappa shape index (κ3) is 3.69. The van der Waals surface area contributed by atoms with Gasteiger partial charge in [0.2, 0.25) is 11.7 Å². The lowest BCUT2D eigenvalue weighted by Crippen LogP contribution is -2.23. The molecule has 0 unspecified atom stereocenters. The number of rotatable bonds is 4. The van der Waals surface area contributed by atoms with E-state index in [0.29, 0.717) is 4.67 Å². The molecule has 1 aromatic heterocycles. The Labute approximate surface area is 101 Å². The van der Waals surface area contributed by atoms with Gasteiger partial charge in [0.15, 0.2) is 4.67 Å². The second kappa shape index (κ2) is 5.69. The number of hydrogen-bond donors (Lipinski definition) is 0. The van der Waals surface area contributed by atoms with E-state index < -0.39 is 5.97 Å². The average Bonchev–Trinajstić information content (AvgIpc) is 2.64. The third-order valence-corrected chi connectivity index (χ3v) is 2.25. The van der Waals surface area contributed by atoms with Crippen LogP contribution in [0.3, 0.4) is 0 Å². The Hall–Kier alpha value is -1.30. The fourth-order valence-corrected chi connectivity index (χ4v) is 1.26. The van der Waals surface area contributed by atoms with Gasteiger partial charge >= 0.3 is 5.97 Å². The number of halogens is 1. The standard InChI is InChI=1S/C10H12BrNO4/c1-12(2)9(13)5-6-15-10(14)7-3-4-8(11)16-7/h3-4H,5-6H2,1-2H3. The van der Waals surface area contributed by atoms with Crippen molar-refractivity contribution in [3.8, 4) is 0 Å². The van der Waals surface area contributed by atoms with E-state index in [0.717, 1.165) is 0 Å². The maximum absolute atomic E-state index is 11.3. The summed E-state index contributed by atoms with van der Waals surface area (Å²) in [4.78, 5) is 24.0. The highest BCUT2D eigenvalue weighted by molar-refractivity contribution is 9.10. The van der Waals surface area contributed by atoms with Crippen LogP contribution in [0, 0.1) is 0 Å². The van der Waals surface area contributed by atoms with Crippen molar-refractivity contribution in [1.29, 1.82) is 0 Å². The van der Waals surface area contributed by atoms with Crippen LogP contribution in [-0.4, -0.2) is 37.5 Å². The van der Waals surface area contributed by atoms with Crippen molar-refractivity contribution >= 4 is 27.8 Å². The summed E-state index contributed by atoms with van der Waals surface area (Å²) >= 11 is 3.08. The number of amides is 1. The summed E-state index contributed by atoms with van der Waals surface area (Å²) in [6.45, 7) is 0.0498. The normalized spacial score (nSPS) is 9.94. The zero-order chi connectivity index (χ0) is 12.1. The minimum Gasteiger partial charge on any atom is -0.459 e. The molecule has 1 aromatic rings. The van der Waals surface area contributed by atoms with E-state index >= 15 is 0 Å². The van der Waals surface area contributed by atoms with Crippen LogP contribution in [0.4, 0.5) is 0 Å². The lowest BCUT2D eigenvalue weighted by Gasteiger charge is -2.09. The average molecular weight is 290 g/mol. The highest BCUT2D eigenvalue weighted by atomic mass is 79.9. The van der Waals surface area contributed by atoms with E-state index in [4.69, 9.17) is 9.15 Å². The van der Waals surface area contributed by atoms with Gasteiger partial charge in [-0.25, -0.2) is 4.79 Å². The van der Waals surface area contributed by atoms with Crippen LogP contribution in [0.15, 0.2) is 21.2 Å². The van der Waals surface area contributed by atoms with Gasteiger partial charge in [-0.1, -0.05) is 0 Å². The fourth-order valence-electron chi connectivity index (χ4n) is 0.950. The zero-order valence-electron chi connectivity index (χ0n) is 9.03. The Morgan fingerprint density at radius 3 is 2.62 bits per heavy atom. The van der Waals surface area contributed by atoms with Crippen LogP contribution in [0.1, 0.15) is 17.0 Å². The Bertz CT molecular complexity index is 386. The summed E-state index contributed by atoms with van der Waals surface area (Å²) < 4.78 is 10.3. The Kier molecular flexibility index (Phi) is 4.54. The molecule has 1 heterocycles. The topological polar surface area (TPSA) is 59.8 Å². The first-order chi connectivity index (χ1) is 7.50. The quantitative estimate of drug-likeness (QED) is 0.792. The molecule has 6 heteroatoms. The van der Waals surface area contributed by atoms with Crippen LogP contribution in [0.5, 0.6) is 0 Å². The second-order valence-corrected chi connectivity index (χ2v) is 4.06. The Balaban J connectivity index is 2.34. The Morgan fingerprint density at radius 2 is 2.12 bits per heavy atom. The molecule has 0 bridgehead atoms. The lowest BCUT2D eigenvalue weighted by atomic mass is 10.4. The summed E-state index contributed by atoms with van der Waals surface area (Å²) in [5.74, 6) is -0.546. The number of nitrogens with zero attached hydrogens (tertiary/aromatic N) is 1. The van der Waals surface area contributed by atoms with E-state index in [9.17, 15) is 9.59 Å². The van der Waals surface area contributed by atoms with Gasteiger partial charge in [-0.2, -0.15) is 0 Å². The number of carbonyl (C=O) groups excluding carboxylic acids is 2. The molecule has 0 radical (unpaired) electrons. The van der Waals surface area contributed by atoms with Gasteiger partial charge in [0, 0.05) is 14.1 Å². The molecular weight excluding hydrogens is 278 g/mol. The van der Waals surface area contributed by atoms with Crippen molar-refractivity contribution in [2.45, 2.75) is 6.42 Å². The molecule has 5 nitrogen and oxygen atoms in total. The van der Waals surface area contributed by atoms with Crippen molar-refractivity contribution in [2.24, 2.45) is 0 Å². The van der Waals surface area contributed by atoms with Crippen LogP contribution in [0.25, 0.3) is 0 Å². The van der Waals surface area contributed by atoms with Crippen molar-refractivity contribution in [3.63, 3.8) is 0 Å². The van der Waals surface area contributed by atoms with Gasteiger partial charge in [-0.15, -0.1) is 0 Å². The van der Waals surface area contributed by atoms with Crippen molar-refractivity contribution in [2.75, 3.05) is 20.7 Å². The predicted molar refractivity (Wildman–Crippen MR) is 60.0 cm³/mol. The minimum absolute atomic E-state index is 0.0498. The third-order valence-electron chi connectivity index (χ3n) is 1.82. The molecule has 88 valence electrons. The number of furan rings is 1. The maximum Gasteiger partial charge on any atom is 0.374 e. The first kappa shape index (κ1) is 12.8. The van der Waals surface area contributed by atoms with E-state index in [1.807, 2.05) is 0 Å². The summed E-state index contributed by atoms with van der Waals surface area (Å²) in [5, 5.41) is 0. The minimum atomic E-state index is -0.572. The first-order valence-electron chi connectivity index (χ1n) is 4.63. The summed E-state index contributed by atoms with van der Waals surface area (Å²) in [6, 6.07) is 3.10. The molecule has 0 spiro atoms. The molecule has 0 saturated heterocycles. The SMILES string of the molecule is CN(C)C(=O)CCOC(=O)c1ccc(Br)o1. The number of hydrogen-bond acceptors (Lipinski definition) is 4. The van der Waals surface area contributed by atoms with Crippen LogP contribution in [0.2, 0.25) is 0 Å². The molecule has 1 amide bonds. The molecule has 16 heavy (non-hydrogen) atoms. The molecule has 0 aliphatic rings. The van der Waals surface area contributed by atoms with Crippen molar-refractivity contribution in [1.82, 2.24) is 4.90 Å². The van der Waals surface area contributed by atoms with Gasteiger partial charge in [0.1, 0.15) is 6.61 Å². The van der Waals surface area contributed by atoms with Gasteiger partial charge in [-0.05, 0) is 28.1 Å². The highest BCUT2D eigenvalue weighted by Gasteiger charge is 2.12. The molecule has 0 aromatic carbocycles. The van der Waals surface area contributed by atoms with Crippen LogP contribution in [-0.2, 0) is 9.53 Å². The molecule has 0 N–H and O–H groups in total. The van der Waals surface area contributed by atoms with E-state index in [2.05, 4.69) is 15.9 Å². The largest absolute Gasteiger partial charge is 0.459 e. The molecule has 0 saturated carbocycles. The summed E-state index contributed by atoms with van der Waals surface area (Å²) in [6.07, 6.45) is 0.167. The Morgan fingerprint density at radius 1 is 1.44 bits per heavy atom. The summed E-state index contributed by atoms with van der Waals surface area (Å²) in [7, 11) is 3.29. The summed E-state index contributed by atoms with van der Waals surface area (Å²) in [5.41, 5.74) is 0. The van der Waals surface area contributed by atoms with Crippen molar-refractivity contribution < 1.29 is 18.7 Å². The van der Waals surface area contributed by atoms with Gasteiger partial charge < -0.3 is 14.1 Å².